The van der Waals surface area contributed by atoms with E-state index in [2.05, 4.69) is 40.9 Å². The lowest BCUT2D eigenvalue weighted by Gasteiger charge is -2.51. The van der Waals surface area contributed by atoms with Crippen LogP contribution in [0.5, 0.6) is 0 Å². The quantitative estimate of drug-likeness (QED) is 0.334. The van der Waals surface area contributed by atoms with E-state index in [1.165, 1.54) is 79.2 Å². The molecule has 1 aromatic carbocycles. The van der Waals surface area contributed by atoms with Crippen LogP contribution in [-0.2, 0) is 17.6 Å². The number of rotatable bonds is 1. The Bertz CT molecular complexity index is 1310. The summed E-state index contributed by atoms with van der Waals surface area (Å²) in [5, 5.41) is 3.25. The maximum absolute atomic E-state index is 12.9. The Labute approximate surface area is 210 Å². The highest BCUT2D eigenvalue weighted by molar-refractivity contribution is 6.98. The summed E-state index contributed by atoms with van der Waals surface area (Å²) in [5.74, 6) is 0.132. The predicted octanol–water partition coefficient (Wildman–Crippen LogP) is 4.48. The van der Waals surface area contributed by atoms with Gasteiger partial charge in [-0.2, -0.15) is 0 Å². The lowest BCUT2D eigenvalue weighted by molar-refractivity contribution is -0.508. The number of fused-ring (bicyclic) bond motifs is 3. The zero-order chi connectivity index (χ0) is 24.1. The number of hydrogen-bond donors (Lipinski definition) is 0. The van der Waals surface area contributed by atoms with Crippen molar-refractivity contribution in [1.82, 2.24) is 4.90 Å². The molecule has 0 atom stereocenters. The van der Waals surface area contributed by atoms with Gasteiger partial charge in [0.25, 0.3) is 0 Å². The molecule has 7 rings (SSSR count). The molecule has 1 aromatic rings. The number of nitrogens with zero attached hydrogens (tertiary/aromatic N) is 3. The van der Waals surface area contributed by atoms with Crippen molar-refractivity contribution in [2.24, 2.45) is 0 Å². The summed E-state index contributed by atoms with van der Waals surface area (Å²) in [6.45, 7) is 10.5. The van der Waals surface area contributed by atoms with Crippen LogP contribution in [0.15, 0.2) is 34.1 Å². The first-order valence-electron chi connectivity index (χ1n) is 13.7. The molecule has 0 saturated carbocycles. The highest BCUT2D eigenvalue weighted by Crippen LogP contribution is 2.52. The third-order valence-corrected chi connectivity index (χ3v) is 13.1. The summed E-state index contributed by atoms with van der Waals surface area (Å²) in [5.41, 5.74) is 11.8. The van der Waals surface area contributed by atoms with Crippen molar-refractivity contribution in [1.29, 1.82) is 0 Å². The molecule has 0 radical (unpaired) electrons. The fourth-order valence-electron chi connectivity index (χ4n) is 8.13. The highest BCUT2D eigenvalue weighted by atomic mass is 28.3. The first kappa shape index (κ1) is 21.7. The molecule has 0 bridgehead atoms. The number of piperidine rings is 1. The molecule has 6 aliphatic rings. The number of amides is 1. The maximum atomic E-state index is 12.9. The van der Waals surface area contributed by atoms with Gasteiger partial charge in [-0.1, -0.05) is 35.0 Å². The van der Waals surface area contributed by atoms with Crippen molar-refractivity contribution in [2.75, 3.05) is 31.6 Å². The smallest absolute Gasteiger partial charge is 0.223 e. The van der Waals surface area contributed by atoms with E-state index >= 15 is 0 Å². The molecule has 5 heteroatoms. The van der Waals surface area contributed by atoms with E-state index in [1.54, 1.807) is 34.1 Å². The number of anilines is 1. The zero-order valence-electron chi connectivity index (χ0n) is 21.8. The van der Waals surface area contributed by atoms with Gasteiger partial charge in [-0.25, -0.2) is 0 Å². The minimum atomic E-state index is -2.02. The fraction of sp³-hybridized carbons (Fsp3) is 0.500. The van der Waals surface area contributed by atoms with E-state index in [0.717, 1.165) is 25.8 Å². The van der Waals surface area contributed by atoms with Crippen molar-refractivity contribution in [3.63, 3.8) is 0 Å². The van der Waals surface area contributed by atoms with E-state index in [-0.39, 0.29) is 5.91 Å². The van der Waals surface area contributed by atoms with Crippen LogP contribution in [0, 0.1) is 6.04 Å². The topological polar surface area (TPSA) is 26.6 Å². The number of carbonyl (C=O) groups is 1. The molecule has 5 aliphatic heterocycles. The third kappa shape index (κ3) is 2.88. The second-order valence-electron chi connectivity index (χ2n) is 11.8. The molecule has 35 heavy (non-hydrogen) atoms. The van der Waals surface area contributed by atoms with Gasteiger partial charge in [-0.05, 0) is 67.7 Å². The van der Waals surface area contributed by atoms with E-state index in [0.29, 0.717) is 0 Å². The summed E-state index contributed by atoms with van der Waals surface area (Å²) < 4.78 is 2.56. The Balaban J connectivity index is 1.60. The van der Waals surface area contributed by atoms with Gasteiger partial charge in [0.1, 0.15) is 12.6 Å². The first-order chi connectivity index (χ1) is 16.9. The average molecular weight is 484 g/mol. The van der Waals surface area contributed by atoms with Gasteiger partial charge in [0.05, 0.1) is 14.3 Å². The Kier molecular flexibility index (Phi) is 4.65. The minimum Gasteiger partial charge on any atom is -0.371 e. The van der Waals surface area contributed by atoms with Gasteiger partial charge < -0.3 is 9.80 Å². The summed E-state index contributed by atoms with van der Waals surface area (Å²) >= 11 is 0. The van der Waals surface area contributed by atoms with Gasteiger partial charge in [-0.15, -0.1) is 11.3 Å². The van der Waals surface area contributed by atoms with Crippen LogP contribution in [0.25, 0.3) is 5.70 Å². The van der Waals surface area contributed by atoms with Crippen LogP contribution < -0.4 is 10.1 Å². The molecule has 0 unspecified atom stereocenters. The highest BCUT2D eigenvalue weighted by Gasteiger charge is 2.46. The van der Waals surface area contributed by atoms with E-state index in [9.17, 15) is 4.79 Å². The Hall–Kier alpha value is -2.53. The number of aryl methyl sites for hydroxylation is 1. The summed E-state index contributed by atoms with van der Waals surface area (Å²) in [6.07, 6.45) is 14.4. The molecule has 1 amide bonds. The predicted molar refractivity (Wildman–Crippen MR) is 146 cm³/mol. The zero-order valence-corrected chi connectivity index (χ0v) is 22.8. The molecule has 1 aliphatic carbocycles. The largest absolute Gasteiger partial charge is 0.371 e. The van der Waals surface area contributed by atoms with Gasteiger partial charge in [0, 0.05) is 44.9 Å². The number of benzene rings is 1. The number of hydrogen-bond acceptors (Lipinski definition) is 2. The molecule has 0 spiro atoms. The van der Waals surface area contributed by atoms with E-state index in [4.69, 9.17) is 0 Å². The molecular formula is C30H37N3OSi. The monoisotopic (exact) mass is 483 g/mol. The number of allylic oxidation sites excluding steroid dienone is 3. The van der Waals surface area contributed by atoms with Crippen molar-refractivity contribution in [3.05, 3.63) is 56.8 Å². The molecule has 1 saturated heterocycles. The van der Waals surface area contributed by atoms with E-state index in [1.807, 2.05) is 11.9 Å². The second-order valence-corrected chi connectivity index (χ2v) is 16.1. The van der Waals surface area contributed by atoms with Crippen molar-refractivity contribution in [2.45, 2.75) is 71.4 Å². The van der Waals surface area contributed by atoms with Gasteiger partial charge in [0.15, 0.2) is 0 Å². The van der Waals surface area contributed by atoms with Crippen LogP contribution in [0.1, 0.15) is 62.1 Å². The van der Waals surface area contributed by atoms with Gasteiger partial charge in [0.2, 0.25) is 5.91 Å². The lowest BCUT2D eigenvalue weighted by atomic mass is 9.79. The van der Waals surface area contributed by atoms with Crippen LogP contribution in [0.3, 0.4) is 0 Å². The Morgan fingerprint density at radius 1 is 1.11 bits per heavy atom. The van der Waals surface area contributed by atoms with Crippen LogP contribution in [0.4, 0.5) is 5.69 Å². The molecule has 0 N–H and O–H groups in total. The standard InChI is InChI=1S/C30H37N3OSi/c1-19(34)31(2)28-24-17-20-9-5-13-32-15-7-11-22(26(20)32)29(24)35(3,4)30-23-12-8-16-33-14-6-10-21(27(23)33)18-25(28)30/h13,17-18H,5-12,14-16H2,1-4H3. The summed E-state index contributed by atoms with van der Waals surface area (Å²) in [6, 6.07) is 4.03. The third-order valence-electron chi connectivity index (χ3n) is 9.45. The Morgan fingerprint density at radius 3 is 2.71 bits per heavy atom. The minimum absolute atomic E-state index is 0.132. The normalized spacial score (nSPS) is 23.7. The van der Waals surface area contributed by atoms with Gasteiger partial charge in [-0.3, -0.25) is 9.37 Å². The fourth-order valence-corrected chi connectivity index (χ4v) is 12.1. The lowest BCUT2D eigenvalue weighted by Crippen LogP contribution is -2.55. The number of carbonyl (C=O) groups excluding carboxylic acids is 1. The second kappa shape index (κ2) is 7.49. The average Bonchev–Trinajstić information content (AvgIpc) is 2.84. The molecule has 1 fully saturated rings. The summed E-state index contributed by atoms with van der Waals surface area (Å²) in [7, 11) is -0.0138. The van der Waals surface area contributed by atoms with Crippen LogP contribution in [-0.4, -0.2) is 56.4 Å². The van der Waals surface area contributed by atoms with Crippen molar-refractivity contribution < 1.29 is 9.37 Å². The van der Waals surface area contributed by atoms with Crippen LogP contribution in [0.2, 0.25) is 13.1 Å². The molecule has 182 valence electrons. The van der Waals surface area contributed by atoms with Crippen molar-refractivity contribution in [3.8, 4) is 0 Å². The molecule has 0 aromatic heterocycles. The van der Waals surface area contributed by atoms with Gasteiger partial charge >= 0.3 is 0 Å². The SMILES string of the molecule is CC(=O)N(C)C1=C2C=C3CCC=[N+]4CCCC(=C2[Si](C)(C)c2c1cc1c5c2CCCN5CCC1)[C-]34. The molecular weight excluding hydrogens is 446 g/mol. The van der Waals surface area contributed by atoms with Crippen LogP contribution >= 0.6 is 0 Å². The van der Waals surface area contributed by atoms with Crippen molar-refractivity contribution >= 4 is 36.8 Å². The first-order valence-corrected chi connectivity index (χ1v) is 16.7. The van der Waals surface area contributed by atoms with E-state index < -0.39 is 8.07 Å². The molecule has 4 nitrogen and oxygen atoms in total. The Morgan fingerprint density at radius 2 is 1.91 bits per heavy atom. The maximum Gasteiger partial charge on any atom is 0.223 e. The molecule has 5 heterocycles. The summed E-state index contributed by atoms with van der Waals surface area (Å²) in [4.78, 5) is 17.6.